The van der Waals surface area contributed by atoms with Crippen molar-refractivity contribution < 1.29 is 18.0 Å². The zero-order valence-electron chi connectivity index (χ0n) is 13.6. The summed E-state index contributed by atoms with van der Waals surface area (Å²) in [6.07, 6.45) is -1.15. The number of benzene rings is 1. The van der Waals surface area contributed by atoms with Crippen LogP contribution in [-0.2, 0) is 17.4 Å². The van der Waals surface area contributed by atoms with Gasteiger partial charge in [-0.3, -0.25) is 4.79 Å². The van der Waals surface area contributed by atoms with Crippen molar-refractivity contribution in [3.63, 3.8) is 0 Å². The molecule has 1 aliphatic heterocycles. The number of hydrogen-bond acceptors (Lipinski definition) is 3. The third-order valence-electron chi connectivity index (χ3n) is 4.21. The van der Waals surface area contributed by atoms with Gasteiger partial charge in [-0.25, -0.2) is 0 Å². The van der Waals surface area contributed by atoms with Crippen molar-refractivity contribution in [1.82, 2.24) is 0 Å². The molecule has 3 nitrogen and oxygen atoms in total. The molecule has 1 saturated heterocycles. The van der Waals surface area contributed by atoms with Crippen LogP contribution in [0.15, 0.2) is 35.7 Å². The Hall–Kier alpha value is -2.02. The topological polar surface area (TPSA) is 32.3 Å². The largest absolute Gasteiger partial charge is 0.416 e. The molecule has 1 aliphatic rings. The van der Waals surface area contributed by atoms with Gasteiger partial charge in [-0.15, -0.1) is 11.3 Å². The summed E-state index contributed by atoms with van der Waals surface area (Å²) in [7, 11) is 0. The zero-order chi connectivity index (χ0) is 17.9. The lowest BCUT2D eigenvalue weighted by molar-refractivity contribution is -0.137. The Labute approximate surface area is 148 Å². The van der Waals surface area contributed by atoms with Crippen molar-refractivity contribution in [2.45, 2.75) is 31.9 Å². The van der Waals surface area contributed by atoms with Gasteiger partial charge in [-0.05, 0) is 48.9 Å². The van der Waals surface area contributed by atoms with Gasteiger partial charge in [0.15, 0.2) is 0 Å². The molecule has 0 spiro atoms. The van der Waals surface area contributed by atoms with Gasteiger partial charge < -0.3 is 10.2 Å². The molecule has 2 heterocycles. The molecule has 1 N–H and O–H groups in total. The lowest BCUT2D eigenvalue weighted by Gasteiger charge is -2.31. The molecule has 134 valence electrons. The van der Waals surface area contributed by atoms with E-state index in [2.05, 4.69) is 5.32 Å². The zero-order valence-corrected chi connectivity index (χ0v) is 14.4. The van der Waals surface area contributed by atoms with E-state index in [1.165, 1.54) is 17.4 Å². The molecule has 0 radical (unpaired) electrons. The number of nitrogens with one attached hydrogen (secondary N) is 1. The number of carbonyl (C=O) groups excluding carboxylic acids is 1. The molecule has 0 unspecified atom stereocenters. The van der Waals surface area contributed by atoms with Crippen LogP contribution in [0.4, 0.5) is 24.5 Å². The van der Waals surface area contributed by atoms with Crippen LogP contribution in [0.5, 0.6) is 0 Å². The number of carbonyl (C=O) groups is 1. The number of halogens is 3. The summed E-state index contributed by atoms with van der Waals surface area (Å²) in [6, 6.07) is 7.27. The second-order valence-electron chi connectivity index (χ2n) is 6.08. The van der Waals surface area contributed by atoms with E-state index in [1.807, 2.05) is 22.4 Å². The Morgan fingerprint density at radius 1 is 1.16 bits per heavy atom. The highest BCUT2D eigenvalue weighted by atomic mass is 32.1. The Kier molecular flexibility index (Phi) is 5.32. The van der Waals surface area contributed by atoms with Gasteiger partial charge in [0.1, 0.15) is 0 Å². The van der Waals surface area contributed by atoms with E-state index in [9.17, 15) is 18.0 Å². The third kappa shape index (κ3) is 4.54. The van der Waals surface area contributed by atoms with Crippen molar-refractivity contribution in [1.29, 1.82) is 0 Å². The van der Waals surface area contributed by atoms with Crippen LogP contribution in [0, 0.1) is 0 Å². The minimum atomic E-state index is -4.44. The fraction of sp³-hybridized carbons (Fsp3) is 0.389. The summed E-state index contributed by atoms with van der Waals surface area (Å²) < 4.78 is 39.2. The predicted molar refractivity (Wildman–Crippen MR) is 94.2 cm³/mol. The standard InChI is InChI=1S/C18H19F3N2OS/c19-18(20,21)13-6-7-16(23-8-2-1-3-9-23)15(11-13)22-17(24)12-14-5-4-10-25-14/h4-7,10-11H,1-3,8-9,12H2,(H,22,24). The highest BCUT2D eigenvalue weighted by molar-refractivity contribution is 7.10. The number of hydrogen-bond donors (Lipinski definition) is 1. The molecule has 1 aromatic heterocycles. The van der Waals surface area contributed by atoms with Crippen LogP contribution < -0.4 is 10.2 Å². The molecule has 2 aromatic rings. The van der Waals surface area contributed by atoms with Crippen molar-refractivity contribution in [3.05, 3.63) is 46.2 Å². The van der Waals surface area contributed by atoms with E-state index in [4.69, 9.17) is 0 Å². The maximum atomic E-state index is 13.1. The minimum Gasteiger partial charge on any atom is -0.370 e. The summed E-state index contributed by atoms with van der Waals surface area (Å²) in [5, 5.41) is 4.55. The quantitative estimate of drug-likeness (QED) is 0.829. The van der Waals surface area contributed by atoms with E-state index >= 15 is 0 Å². The smallest absolute Gasteiger partial charge is 0.370 e. The number of piperidine rings is 1. The molecule has 0 aliphatic carbocycles. The van der Waals surface area contributed by atoms with E-state index < -0.39 is 11.7 Å². The van der Waals surface area contributed by atoms with Gasteiger partial charge in [-0.2, -0.15) is 13.2 Å². The average Bonchev–Trinajstić information content (AvgIpc) is 3.07. The highest BCUT2D eigenvalue weighted by Crippen LogP contribution is 2.36. The van der Waals surface area contributed by atoms with Crippen molar-refractivity contribution in [2.24, 2.45) is 0 Å². The van der Waals surface area contributed by atoms with E-state index in [-0.39, 0.29) is 18.0 Å². The van der Waals surface area contributed by atoms with E-state index in [0.29, 0.717) is 5.69 Å². The molecule has 25 heavy (non-hydrogen) atoms. The summed E-state index contributed by atoms with van der Waals surface area (Å²) in [4.78, 5) is 15.2. The Balaban J connectivity index is 1.85. The van der Waals surface area contributed by atoms with Gasteiger partial charge in [0.25, 0.3) is 0 Å². The molecule has 3 rings (SSSR count). The molecular weight excluding hydrogens is 349 g/mol. The van der Waals surface area contributed by atoms with Gasteiger partial charge in [0.2, 0.25) is 5.91 Å². The molecule has 0 atom stereocenters. The third-order valence-corrected chi connectivity index (χ3v) is 5.09. The Morgan fingerprint density at radius 2 is 1.92 bits per heavy atom. The van der Waals surface area contributed by atoms with Crippen molar-refractivity contribution in [2.75, 3.05) is 23.3 Å². The average molecular weight is 368 g/mol. The van der Waals surface area contributed by atoms with Crippen LogP contribution in [0.3, 0.4) is 0 Å². The molecule has 1 fully saturated rings. The van der Waals surface area contributed by atoms with Gasteiger partial charge in [-0.1, -0.05) is 6.07 Å². The number of rotatable bonds is 4. The molecule has 0 saturated carbocycles. The second-order valence-corrected chi connectivity index (χ2v) is 7.11. The van der Waals surface area contributed by atoms with Crippen molar-refractivity contribution in [3.8, 4) is 0 Å². The van der Waals surface area contributed by atoms with Crippen LogP contribution in [0.2, 0.25) is 0 Å². The molecule has 7 heteroatoms. The number of thiophene rings is 1. The van der Waals surface area contributed by atoms with Gasteiger partial charge >= 0.3 is 6.18 Å². The first kappa shape index (κ1) is 17.8. The Bertz CT molecular complexity index is 722. The number of nitrogens with zero attached hydrogens (tertiary/aromatic N) is 1. The summed E-state index contributed by atoms with van der Waals surface area (Å²) >= 11 is 1.45. The monoisotopic (exact) mass is 368 g/mol. The summed E-state index contributed by atoms with van der Waals surface area (Å²) in [6.45, 7) is 1.58. The summed E-state index contributed by atoms with van der Waals surface area (Å²) in [5.41, 5.74) is 0.144. The fourth-order valence-corrected chi connectivity index (χ4v) is 3.69. The lowest BCUT2D eigenvalue weighted by atomic mass is 10.1. The molecule has 1 aromatic carbocycles. The molecule has 1 amide bonds. The summed E-state index contributed by atoms with van der Waals surface area (Å²) in [5.74, 6) is -0.306. The first-order chi connectivity index (χ1) is 11.9. The van der Waals surface area contributed by atoms with E-state index in [0.717, 1.165) is 49.4 Å². The van der Waals surface area contributed by atoms with Gasteiger partial charge in [0.05, 0.1) is 23.4 Å². The second kappa shape index (κ2) is 7.47. The highest BCUT2D eigenvalue weighted by Gasteiger charge is 2.31. The number of alkyl halides is 3. The van der Waals surface area contributed by atoms with E-state index in [1.54, 1.807) is 0 Å². The van der Waals surface area contributed by atoms with Gasteiger partial charge in [0, 0.05) is 18.0 Å². The van der Waals surface area contributed by atoms with Crippen LogP contribution >= 0.6 is 11.3 Å². The minimum absolute atomic E-state index is 0.160. The molecule has 0 bridgehead atoms. The Morgan fingerprint density at radius 3 is 2.56 bits per heavy atom. The number of amides is 1. The fourth-order valence-electron chi connectivity index (χ4n) is 2.99. The van der Waals surface area contributed by atoms with Crippen LogP contribution in [0.1, 0.15) is 29.7 Å². The maximum absolute atomic E-state index is 13.1. The first-order valence-corrected chi connectivity index (χ1v) is 9.10. The SMILES string of the molecule is O=C(Cc1cccs1)Nc1cc(C(F)(F)F)ccc1N1CCCCC1. The normalized spacial score (nSPS) is 15.2. The van der Waals surface area contributed by atoms with Crippen LogP contribution in [0.25, 0.3) is 0 Å². The van der Waals surface area contributed by atoms with Crippen LogP contribution in [-0.4, -0.2) is 19.0 Å². The van der Waals surface area contributed by atoms with Crippen molar-refractivity contribution >= 4 is 28.6 Å². The predicted octanol–water partition coefficient (Wildman–Crippen LogP) is 4.94. The maximum Gasteiger partial charge on any atom is 0.416 e. The lowest BCUT2D eigenvalue weighted by Crippen LogP contribution is -2.30. The molecular formula is C18H19F3N2OS. The first-order valence-electron chi connectivity index (χ1n) is 8.22. The number of anilines is 2.